The summed E-state index contributed by atoms with van der Waals surface area (Å²) in [5, 5.41) is 8.26. The molecule has 1 amide bonds. The highest BCUT2D eigenvalue weighted by atomic mass is 16.7. The Morgan fingerprint density at radius 3 is 2.44 bits per heavy atom. The van der Waals surface area contributed by atoms with Gasteiger partial charge in [0, 0.05) is 12.5 Å². The molecule has 16 heavy (non-hydrogen) atoms. The van der Waals surface area contributed by atoms with Gasteiger partial charge >= 0.3 is 5.97 Å². The Labute approximate surface area is 95.1 Å². The van der Waals surface area contributed by atoms with Gasteiger partial charge in [0.15, 0.2) is 6.61 Å². The van der Waals surface area contributed by atoms with Gasteiger partial charge in [0.1, 0.15) is 0 Å². The molecule has 0 aromatic carbocycles. The SMILES string of the molecule is CC(C)(C)CC(N)CC(=O)NOCC(=O)O. The fourth-order valence-electron chi connectivity index (χ4n) is 1.32. The maximum atomic E-state index is 11.2. The molecule has 0 aromatic heterocycles. The van der Waals surface area contributed by atoms with Crippen molar-refractivity contribution >= 4 is 11.9 Å². The average molecular weight is 232 g/mol. The third kappa shape index (κ3) is 9.42. The van der Waals surface area contributed by atoms with E-state index in [-0.39, 0.29) is 17.9 Å². The zero-order valence-electron chi connectivity index (χ0n) is 9.95. The van der Waals surface area contributed by atoms with Gasteiger partial charge in [-0.05, 0) is 11.8 Å². The van der Waals surface area contributed by atoms with Crippen LogP contribution in [0.3, 0.4) is 0 Å². The van der Waals surface area contributed by atoms with Crippen LogP contribution >= 0.6 is 0 Å². The summed E-state index contributed by atoms with van der Waals surface area (Å²) in [4.78, 5) is 25.7. The number of carboxylic acid groups (broad SMARTS) is 1. The highest BCUT2D eigenvalue weighted by molar-refractivity contribution is 5.75. The number of carbonyl (C=O) groups is 2. The predicted octanol–water partition coefficient (Wildman–Crippen LogP) is 0.272. The van der Waals surface area contributed by atoms with Crippen LogP contribution in [0.15, 0.2) is 0 Å². The smallest absolute Gasteiger partial charge is 0.332 e. The number of nitrogens with one attached hydrogen (secondary N) is 1. The van der Waals surface area contributed by atoms with Crippen LogP contribution in [0.4, 0.5) is 0 Å². The number of carboxylic acids is 1. The molecule has 0 aliphatic rings. The lowest BCUT2D eigenvalue weighted by atomic mass is 9.87. The van der Waals surface area contributed by atoms with Crippen LogP contribution in [0.5, 0.6) is 0 Å². The van der Waals surface area contributed by atoms with Crippen molar-refractivity contribution in [1.29, 1.82) is 0 Å². The number of carbonyl (C=O) groups excluding carboxylic acids is 1. The van der Waals surface area contributed by atoms with E-state index < -0.39 is 18.5 Å². The van der Waals surface area contributed by atoms with E-state index >= 15 is 0 Å². The molecule has 0 heterocycles. The first-order chi connectivity index (χ1) is 7.20. The van der Waals surface area contributed by atoms with Crippen LogP contribution in [0.2, 0.25) is 0 Å². The number of aliphatic carboxylic acids is 1. The molecule has 4 N–H and O–H groups in total. The van der Waals surface area contributed by atoms with E-state index in [0.717, 1.165) is 0 Å². The molecule has 0 fully saturated rings. The highest BCUT2D eigenvalue weighted by Gasteiger charge is 2.18. The minimum atomic E-state index is -1.14. The second-order valence-electron chi connectivity index (χ2n) is 4.94. The van der Waals surface area contributed by atoms with Crippen molar-refractivity contribution in [3.8, 4) is 0 Å². The molecular formula is C10H20N2O4. The van der Waals surface area contributed by atoms with Gasteiger partial charge in [0.25, 0.3) is 0 Å². The first kappa shape index (κ1) is 14.9. The predicted molar refractivity (Wildman–Crippen MR) is 58.4 cm³/mol. The van der Waals surface area contributed by atoms with Crippen molar-refractivity contribution in [2.45, 2.75) is 39.7 Å². The van der Waals surface area contributed by atoms with E-state index in [2.05, 4.69) is 4.84 Å². The molecule has 6 nitrogen and oxygen atoms in total. The topological polar surface area (TPSA) is 102 Å². The summed E-state index contributed by atoms with van der Waals surface area (Å²) >= 11 is 0. The normalized spacial score (nSPS) is 13.2. The van der Waals surface area contributed by atoms with Crippen LogP contribution in [-0.4, -0.2) is 29.6 Å². The second kappa shape index (κ2) is 6.44. The molecule has 6 heteroatoms. The largest absolute Gasteiger partial charge is 0.479 e. The number of hydrogen-bond donors (Lipinski definition) is 3. The lowest BCUT2D eigenvalue weighted by Crippen LogP contribution is -2.35. The van der Waals surface area contributed by atoms with Gasteiger partial charge in [-0.1, -0.05) is 20.8 Å². The molecule has 0 saturated heterocycles. The number of amides is 1. The number of nitrogens with two attached hydrogens (primary N) is 1. The van der Waals surface area contributed by atoms with Crippen LogP contribution in [0.1, 0.15) is 33.6 Å². The number of hydroxylamine groups is 1. The summed E-state index contributed by atoms with van der Waals surface area (Å²) in [6.07, 6.45) is 0.830. The zero-order chi connectivity index (χ0) is 12.8. The summed E-state index contributed by atoms with van der Waals surface area (Å²) in [5.74, 6) is -1.54. The number of hydrogen-bond acceptors (Lipinski definition) is 4. The van der Waals surface area contributed by atoms with E-state index in [4.69, 9.17) is 10.8 Å². The van der Waals surface area contributed by atoms with Crippen LogP contribution in [0, 0.1) is 5.41 Å². The summed E-state index contributed by atoms with van der Waals surface area (Å²) in [6.45, 7) is 5.54. The van der Waals surface area contributed by atoms with Crippen molar-refractivity contribution < 1.29 is 19.5 Å². The van der Waals surface area contributed by atoms with E-state index in [0.29, 0.717) is 6.42 Å². The van der Waals surface area contributed by atoms with Crippen LogP contribution < -0.4 is 11.2 Å². The Balaban J connectivity index is 3.74. The molecule has 0 radical (unpaired) electrons. The lowest BCUT2D eigenvalue weighted by Gasteiger charge is -2.22. The summed E-state index contributed by atoms with van der Waals surface area (Å²) in [6, 6.07) is -0.256. The molecule has 0 rings (SSSR count). The lowest BCUT2D eigenvalue weighted by molar-refractivity contribution is -0.149. The highest BCUT2D eigenvalue weighted by Crippen LogP contribution is 2.20. The second-order valence-corrected chi connectivity index (χ2v) is 4.94. The number of rotatable bonds is 6. The van der Waals surface area contributed by atoms with Gasteiger partial charge < -0.3 is 10.8 Å². The molecule has 0 aromatic rings. The molecule has 0 bridgehead atoms. The van der Waals surface area contributed by atoms with Gasteiger partial charge in [-0.2, -0.15) is 0 Å². The van der Waals surface area contributed by atoms with Gasteiger partial charge in [-0.3, -0.25) is 9.63 Å². The molecular weight excluding hydrogens is 212 g/mol. The Hall–Kier alpha value is -1.14. The summed E-state index contributed by atoms with van der Waals surface area (Å²) < 4.78 is 0. The van der Waals surface area contributed by atoms with Gasteiger partial charge in [0.05, 0.1) is 0 Å². The maximum Gasteiger partial charge on any atom is 0.332 e. The van der Waals surface area contributed by atoms with E-state index in [1.54, 1.807) is 0 Å². The van der Waals surface area contributed by atoms with Crippen molar-refractivity contribution in [2.24, 2.45) is 11.1 Å². The average Bonchev–Trinajstić information content (AvgIpc) is 1.98. The first-order valence-electron chi connectivity index (χ1n) is 5.09. The Morgan fingerprint density at radius 1 is 1.44 bits per heavy atom. The van der Waals surface area contributed by atoms with Crippen LogP contribution in [0.25, 0.3) is 0 Å². The minimum absolute atomic E-state index is 0.0572. The minimum Gasteiger partial charge on any atom is -0.479 e. The van der Waals surface area contributed by atoms with Gasteiger partial charge in [-0.15, -0.1) is 0 Å². The van der Waals surface area contributed by atoms with E-state index in [9.17, 15) is 9.59 Å². The molecule has 1 atom stereocenters. The van der Waals surface area contributed by atoms with Crippen molar-refractivity contribution in [2.75, 3.05) is 6.61 Å². The summed E-state index contributed by atoms with van der Waals surface area (Å²) in [7, 11) is 0. The molecule has 0 aliphatic heterocycles. The molecule has 94 valence electrons. The van der Waals surface area contributed by atoms with Gasteiger partial charge in [-0.25, -0.2) is 10.3 Å². The molecule has 0 saturated carbocycles. The van der Waals surface area contributed by atoms with Gasteiger partial charge in [0.2, 0.25) is 5.91 Å². The first-order valence-corrected chi connectivity index (χ1v) is 5.09. The third-order valence-electron chi connectivity index (χ3n) is 1.70. The Kier molecular flexibility index (Phi) is 5.98. The molecule has 1 unspecified atom stereocenters. The standard InChI is InChI=1S/C10H20N2O4/c1-10(2,3)5-7(11)4-8(13)12-16-6-9(14)15/h7H,4-6,11H2,1-3H3,(H,12,13)(H,14,15). The van der Waals surface area contributed by atoms with Crippen molar-refractivity contribution in [3.05, 3.63) is 0 Å². The van der Waals surface area contributed by atoms with Crippen LogP contribution in [-0.2, 0) is 14.4 Å². The zero-order valence-corrected chi connectivity index (χ0v) is 9.95. The Bertz CT molecular complexity index is 248. The van der Waals surface area contributed by atoms with E-state index in [1.807, 2.05) is 26.3 Å². The van der Waals surface area contributed by atoms with Crippen molar-refractivity contribution in [1.82, 2.24) is 5.48 Å². The third-order valence-corrected chi connectivity index (χ3v) is 1.70. The van der Waals surface area contributed by atoms with Crippen molar-refractivity contribution in [3.63, 3.8) is 0 Å². The molecule has 0 spiro atoms. The molecule has 0 aliphatic carbocycles. The van der Waals surface area contributed by atoms with E-state index in [1.165, 1.54) is 0 Å². The monoisotopic (exact) mass is 232 g/mol. The fraction of sp³-hybridized carbons (Fsp3) is 0.800. The maximum absolute atomic E-state index is 11.2. The summed E-state index contributed by atoms with van der Waals surface area (Å²) in [5.41, 5.74) is 7.85. The fourth-order valence-corrected chi connectivity index (χ4v) is 1.32. The quantitative estimate of drug-likeness (QED) is 0.571. The Morgan fingerprint density at radius 2 is 2.00 bits per heavy atom.